The van der Waals surface area contributed by atoms with Gasteiger partial charge in [-0.05, 0) is 74.4 Å². The number of carbonyl (C=O) groups excluding carboxylic acids is 3. The van der Waals surface area contributed by atoms with Crippen molar-refractivity contribution in [1.82, 2.24) is 30.8 Å². The van der Waals surface area contributed by atoms with E-state index in [0.29, 0.717) is 13.0 Å². The fourth-order valence-electron chi connectivity index (χ4n) is 6.46. The summed E-state index contributed by atoms with van der Waals surface area (Å²) in [5.74, 6) is 3.03. The first kappa shape index (κ1) is 43.1. The minimum Gasteiger partial charge on any atom is -0.493 e. The lowest BCUT2D eigenvalue weighted by Crippen LogP contribution is -2.50. The number of aromatic nitrogens is 2. The zero-order chi connectivity index (χ0) is 40.6. The monoisotopic (exact) mass is 758 g/mol. The van der Waals surface area contributed by atoms with Crippen molar-refractivity contribution in [2.24, 2.45) is 11.5 Å². The second-order valence-electron chi connectivity index (χ2n) is 17.1. The summed E-state index contributed by atoms with van der Waals surface area (Å²) in [6.07, 6.45) is 6.49. The molecule has 0 radical (unpaired) electrons. The molecule has 1 atom stereocenters. The average Bonchev–Trinajstić information content (AvgIpc) is 3.54. The molecular formula is C42H63N9O4. The smallest absolute Gasteiger partial charge is 0.243 e. The largest absolute Gasteiger partial charge is 0.493 e. The third-order valence-electron chi connectivity index (χ3n) is 9.77. The summed E-state index contributed by atoms with van der Waals surface area (Å²) in [4.78, 5) is 51.4. The fraction of sp³-hybridized carbons (Fsp3) is 0.571. The van der Waals surface area contributed by atoms with Gasteiger partial charge in [0.15, 0.2) is 0 Å². The number of rotatable bonds is 16. The topological polar surface area (TPSA) is 184 Å². The first-order valence-electron chi connectivity index (χ1n) is 19.4. The number of H-pyrrole nitrogens is 1. The molecule has 1 aromatic heterocycles. The molecule has 3 amide bonds. The van der Waals surface area contributed by atoms with Crippen LogP contribution in [-0.2, 0) is 25.2 Å². The Bertz CT molecular complexity index is 1800. The van der Waals surface area contributed by atoms with Crippen molar-refractivity contribution in [3.8, 4) is 29.5 Å². The Morgan fingerprint density at radius 1 is 0.945 bits per heavy atom. The van der Waals surface area contributed by atoms with Gasteiger partial charge in [0.2, 0.25) is 17.7 Å². The van der Waals surface area contributed by atoms with Gasteiger partial charge in [-0.1, -0.05) is 47.5 Å². The van der Waals surface area contributed by atoms with Crippen LogP contribution in [0.5, 0.6) is 5.75 Å². The highest BCUT2D eigenvalue weighted by Crippen LogP contribution is 2.43. The second kappa shape index (κ2) is 18.3. The standard InChI is InChI=1S/C42H63N9O4/c1-10-18-46-39(54)33(47-36(53)15-17-42(8,43)44)16-19-45-35(52)12-11-24-55-37-30(40(2,3)4)25-28(26-31(37)41(5,6)7)38-48-32-14-13-29(27-34(32)49-38)51-22-20-50(9)21-23-51/h1,13-14,25-27,33H,11-12,15-24,43-44H2,2-9H3,(H,45,52)(H,46,54)(H,47,53)(H,48,49). The van der Waals surface area contributed by atoms with Crippen LogP contribution in [0.1, 0.15) is 91.7 Å². The van der Waals surface area contributed by atoms with Crippen molar-refractivity contribution in [2.75, 3.05) is 57.8 Å². The predicted molar refractivity (Wildman–Crippen MR) is 221 cm³/mol. The number of benzene rings is 2. The zero-order valence-corrected chi connectivity index (χ0v) is 34.2. The molecule has 1 aliphatic rings. The number of fused-ring (bicyclic) bond motifs is 1. The van der Waals surface area contributed by atoms with Gasteiger partial charge >= 0.3 is 0 Å². The van der Waals surface area contributed by atoms with Crippen LogP contribution in [0.15, 0.2) is 30.3 Å². The number of carbonyl (C=O) groups is 3. The Labute approximate surface area is 327 Å². The summed E-state index contributed by atoms with van der Waals surface area (Å²) in [6, 6.07) is 9.94. The molecule has 13 nitrogen and oxygen atoms in total. The van der Waals surface area contributed by atoms with Crippen molar-refractivity contribution in [3.63, 3.8) is 0 Å². The SMILES string of the molecule is C#CCNC(=O)C(CCNC(=O)CCCOc1c(C(C)(C)C)cc(-c2nc3ccc(N4CCN(C)CC4)cc3[nH]2)cc1C(C)(C)C)NC(=O)CCC(C)(N)N. The lowest BCUT2D eigenvalue weighted by molar-refractivity contribution is -0.129. The molecule has 0 spiro atoms. The average molecular weight is 758 g/mol. The summed E-state index contributed by atoms with van der Waals surface area (Å²) < 4.78 is 6.56. The van der Waals surface area contributed by atoms with Crippen molar-refractivity contribution in [2.45, 2.75) is 103 Å². The number of nitrogens with zero attached hydrogens (tertiary/aromatic N) is 3. The van der Waals surface area contributed by atoms with Crippen molar-refractivity contribution in [3.05, 3.63) is 41.5 Å². The summed E-state index contributed by atoms with van der Waals surface area (Å²) in [5.41, 5.74) is 16.4. The highest BCUT2D eigenvalue weighted by atomic mass is 16.5. The van der Waals surface area contributed by atoms with Gasteiger partial charge < -0.3 is 46.9 Å². The van der Waals surface area contributed by atoms with E-state index in [2.05, 4.69) is 116 Å². The van der Waals surface area contributed by atoms with Crippen LogP contribution in [0.3, 0.4) is 0 Å². The second-order valence-corrected chi connectivity index (χ2v) is 17.1. The Morgan fingerprint density at radius 3 is 2.20 bits per heavy atom. The van der Waals surface area contributed by atoms with Crippen LogP contribution < -0.4 is 37.1 Å². The van der Waals surface area contributed by atoms with E-state index in [1.165, 1.54) is 5.69 Å². The number of ether oxygens (including phenoxy) is 1. The summed E-state index contributed by atoms with van der Waals surface area (Å²) in [5, 5.41) is 8.16. The number of hydrogen-bond acceptors (Lipinski definition) is 9. The maximum Gasteiger partial charge on any atom is 0.243 e. The van der Waals surface area contributed by atoms with Crippen LogP contribution in [0.4, 0.5) is 5.69 Å². The molecule has 300 valence electrons. The maximum atomic E-state index is 12.8. The van der Waals surface area contributed by atoms with Crippen molar-refractivity contribution >= 4 is 34.4 Å². The molecule has 0 bridgehead atoms. The molecule has 8 N–H and O–H groups in total. The van der Waals surface area contributed by atoms with Crippen LogP contribution >= 0.6 is 0 Å². The van der Waals surface area contributed by atoms with Gasteiger partial charge in [0.05, 0.1) is 29.8 Å². The number of aromatic amines is 1. The molecule has 3 aromatic rings. The van der Waals surface area contributed by atoms with E-state index >= 15 is 0 Å². The molecular weight excluding hydrogens is 695 g/mol. The number of terminal acetylenes is 1. The van der Waals surface area contributed by atoms with Crippen LogP contribution in [0.2, 0.25) is 0 Å². The van der Waals surface area contributed by atoms with Gasteiger partial charge in [0.1, 0.15) is 17.6 Å². The third kappa shape index (κ3) is 12.7. The molecule has 2 aromatic carbocycles. The number of amides is 3. The molecule has 1 unspecified atom stereocenters. The molecule has 55 heavy (non-hydrogen) atoms. The van der Waals surface area contributed by atoms with Crippen molar-refractivity contribution < 1.29 is 19.1 Å². The quantitative estimate of drug-likeness (QED) is 0.0718. The van der Waals surface area contributed by atoms with E-state index in [1.54, 1.807) is 6.92 Å². The Morgan fingerprint density at radius 2 is 1.60 bits per heavy atom. The van der Waals surface area contributed by atoms with Gasteiger partial charge in [-0.2, -0.15) is 0 Å². The lowest BCUT2D eigenvalue weighted by Gasteiger charge is -2.34. The number of nitrogens with two attached hydrogens (primary N) is 2. The van der Waals surface area contributed by atoms with E-state index in [1.807, 2.05) is 0 Å². The molecule has 1 fully saturated rings. The minimum absolute atomic E-state index is 0.0237. The Balaban J connectivity index is 1.41. The summed E-state index contributed by atoms with van der Waals surface area (Å²) >= 11 is 0. The number of hydrogen-bond donors (Lipinski definition) is 6. The maximum absolute atomic E-state index is 12.8. The van der Waals surface area contributed by atoms with E-state index in [4.69, 9.17) is 27.6 Å². The Hall–Kier alpha value is -4.64. The molecule has 1 saturated heterocycles. The number of nitrogens with one attached hydrogen (secondary N) is 4. The Kier molecular flexibility index (Phi) is 14.4. The van der Waals surface area contributed by atoms with Gasteiger partial charge in [-0.25, -0.2) is 4.98 Å². The van der Waals surface area contributed by atoms with Gasteiger partial charge in [-0.3, -0.25) is 14.4 Å². The lowest BCUT2D eigenvalue weighted by atomic mass is 9.78. The minimum atomic E-state index is -1.01. The molecule has 1 aliphatic heterocycles. The van der Waals surface area contributed by atoms with Crippen LogP contribution in [-0.4, -0.2) is 97.2 Å². The van der Waals surface area contributed by atoms with Crippen LogP contribution in [0.25, 0.3) is 22.4 Å². The predicted octanol–water partition coefficient (Wildman–Crippen LogP) is 3.89. The highest BCUT2D eigenvalue weighted by Gasteiger charge is 2.29. The number of imidazole rings is 1. The molecule has 4 rings (SSSR count). The highest BCUT2D eigenvalue weighted by molar-refractivity contribution is 5.88. The zero-order valence-electron chi connectivity index (χ0n) is 34.2. The van der Waals surface area contributed by atoms with E-state index < -0.39 is 17.6 Å². The molecule has 2 heterocycles. The summed E-state index contributed by atoms with van der Waals surface area (Å²) in [7, 11) is 2.16. The third-order valence-corrected chi connectivity index (χ3v) is 9.77. The van der Waals surface area contributed by atoms with Crippen LogP contribution in [0, 0.1) is 12.3 Å². The van der Waals surface area contributed by atoms with Gasteiger partial charge in [0.25, 0.3) is 0 Å². The molecule has 13 heteroatoms. The number of likely N-dealkylation sites (N-methyl/N-ethyl adjacent to an activating group) is 1. The van der Waals surface area contributed by atoms with Gasteiger partial charge in [0, 0.05) is 67.9 Å². The van der Waals surface area contributed by atoms with E-state index in [9.17, 15) is 14.4 Å². The molecule has 0 aliphatic carbocycles. The first-order chi connectivity index (χ1) is 25.7. The van der Waals surface area contributed by atoms with E-state index in [0.717, 1.165) is 65.5 Å². The van der Waals surface area contributed by atoms with Crippen molar-refractivity contribution in [1.29, 1.82) is 0 Å². The normalized spacial score (nSPS) is 14.7. The van der Waals surface area contributed by atoms with Gasteiger partial charge in [-0.15, -0.1) is 6.42 Å². The molecule has 0 saturated carbocycles. The van der Waals surface area contributed by atoms with E-state index in [-0.39, 0.29) is 61.4 Å². The number of piperazine rings is 1. The fourth-order valence-corrected chi connectivity index (χ4v) is 6.46. The number of anilines is 1. The first-order valence-corrected chi connectivity index (χ1v) is 19.4. The summed E-state index contributed by atoms with van der Waals surface area (Å²) in [6.45, 7) is 19.3.